The van der Waals surface area contributed by atoms with Gasteiger partial charge >= 0.3 is 0 Å². The minimum absolute atomic E-state index is 0.121. The van der Waals surface area contributed by atoms with Gasteiger partial charge < -0.3 is 14.6 Å². The maximum absolute atomic E-state index is 12.7. The first-order chi connectivity index (χ1) is 13.5. The number of likely N-dealkylation sites (tertiary alicyclic amines) is 1. The molecule has 1 aliphatic heterocycles. The summed E-state index contributed by atoms with van der Waals surface area (Å²) in [7, 11) is 0. The van der Waals surface area contributed by atoms with E-state index in [4.69, 9.17) is 4.42 Å². The number of benzene rings is 1. The van der Waals surface area contributed by atoms with Crippen molar-refractivity contribution in [2.75, 3.05) is 26.2 Å². The number of likely N-dealkylation sites (N-methyl/N-ethyl adjacent to an activating group) is 1. The van der Waals surface area contributed by atoms with Crippen LogP contribution in [0.4, 0.5) is 0 Å². The Morgan fingerprint density at radius 3 is 2.46 bits per heavy atom. The number of aryl methyl sites for hydroxylation is 1. The van der Waals surface area contributed by atoms with Crippen molar-refractivity contribution in [2.45, 2.75) is 39.3 Å². The quantitative estimate of drug-likeness (QED) is 0.798. The van der Waals surface area contributed by atoms with Crippen molar-refractivity contribution in [3.63, 3.8) is 0 Å². The van der Waals surface area contributed by atoms with Gasteiger partial charge in [-0.3, -0.25) is 14.5 Å². The number of rotatable bonds is 7. The lowest BCUT2D eigenvalue weighted by Gasteiger charge is -2.33. The van der Waals surface area contributed by atoms with Gasteiger partial charge in [-0.25, -0.2) is 0 Å². The Morgan fingerprint density at radius 1 is 1.14 bits per heavy atom. The van der Waals surface area contributed by atoms with E-state index in [9.17, 15) is 9.59 Å². The Hall–Kier alpha value is -2.60. The molecule has 1 aromatic heterocycles. The number of furan rings is 1. The Balaban J connectivity index is 1.44. The molecule has 0 saturated carbocycles. The topological polar surface area (TPSA) is 65.8 Å². The number of nitrogens with zero attached hydrogens (tertiary/aromatic N) is 2. The van der Waals surface area contributed by atoms with Crippen molar-refractivity contribution >= 4 is 11.8 Å². The molecule has 1 N–H and O–H groups in total. The third-order valence-electron chi connectivity index (χ3n) is 5.20. The molecule has 6 nitrogen and oxygen atoms in total. The van der Waals surface area contributed by atoms with E-state index in [0.29, 0.717) is 25.4 Å². The van der Waals surface area contributed by atoms with Gasteiger partial charge in [-0.2, -0.15) is 0 Å². The summed E-state index contributed by atoms with van der Waals surface area (Å²) < 4.78 is 5.38. The fourth-order valence-corrected chi connectivity index (χ4v) is 3.52. The van der Waals surface area contributed by atoms with Crippen molar-refractivity contribution in [1.82, 2.24) is 15.1 Å². The molecule has 3 rings (SSSR count). The number of hydrogen-bond donors (Lipinski definition) is 1. The third kappa shape index (κ3) is 5.45. The van der Waals surface area contributed by atoms with E-state index in [-0.39, 0.29) is 17.9 Å². The highest BCUT2D eigenvalue weighted by molar-refractivity contribution is 5.91. The lowest BCUT2D eigenvalue weighted by atomic mass is 10.0. The van der Waals surface area contributed by atoms with Crippen LogP contribution >= 0.6 is 0 Å². The fourth-order valence-electron chi connectivity index (χ4n) is 3.52. The van der Waals surface area contributed by atoms with Crippen LogP contribution < -0.4 is 5.32 Å². The van der Waals surface area contributed by atoms with Gasteiger partial charge in [0.2, 0.25) is 5.91 Å². The predicted octanol–water partition coefficient (Wildman–Crippen LogP) is 2.83. The maximum Gasteiger partial charge on any atom is 0.287 e. The van der Waals surface area contributed by atoms with Gasteiger partial charge in [0.05, 0.1) is 6.54 Å². The number of carbonyl (C=O) groups is 2. The molecule has 2 aromatic rings. The molecule has 1 aliphatic rings. The van der Waals surface area contributed by atoms with Crippen LogP contribution in [0, 0.1) is 6.92 Å². The first kappa shape index (κ1) is 20.1. The fraction of sp³-hybridized carbons (Fsp3) is 0.455. The van der Waals surface area contributed by atoms with Crippen molar-refractivity contribution in [2.24, 2.45) is 0 Å². The third-order valence-corrected chi connectivity index (χ3v) is 5.20. The lowest BCUT2D eigenvalue weighted by Crippen LogP contribution is -2.48. The summed E-state index contributed by atoms with van der Waals surface area (Å²) >= 11 is 0. The van der Waals surface area contributed by atoms with Gasteiger partial charge in [0.15, 0.2) is 5.76 Å². The Bertz CT molecular complexity index is 779. The van der Waals surface area contributed by atoms with Crippen molar-refractivity contribution < 1.29 is 14.0 Å². The van der Waals surface area contributed by atoms with E-state index in [2.05, 4.69) is 10.2 Å². The number of carbonyl (C=O) groups excluding carboxylic acids is 2. The summed E-state index contributed by atoms with van der Waals surface area (Å²) in [5, 5.41) is 3.03. The van der Waals surface area contributed by atoms with Gasteiger partial charge in [0.25, 0.3) is 5.91 Å². The van der Waals surface area contributed by atoms with Crippen LogP contribution in [0.3, 0.4) is 0 Å². The predicted molar refractivity (Wildman–Crippen MR) is 108 cm³/mol. The summed E-state index contributed by atoms with van der Waals surface area (Å²) in [5.41, 5.74) is 1.15. The average molecular weight is 383 g/mol. The van der Waals surface area contributed by atoms with E-state index in [1.54, 1.807) is 12.1 Å². The maximum atomic E-state index is 12.7. The number of nitrogens with one attached hydrogen (secondary N) is 1. The SMILES string of the molecule is CCN(Cc1ccccc1)C(=O)CN1CCC(NC(=O)c2ccc(C)o2)CC1. The first-order valence-electron chi connectivity index (χ1n) is 9.96. The van der Waals surface area contributed by atoms with E-state index in [0.717, 1.165) is 37.3 Å². The summed E-state index contributed by atoms with van der Waals surface area (Å²) in [5.74, 6) is 1.08. The van der Waals surface area contributed by atoms with Crippen LogP contribution in [0.1, 0.15) is 41.6 Å². The lowest BCUT2D eigenvalue weighted by molar-refractivity contribution is -0.133. The highest BCUT2D eigenvalue weighted by Gasteiger charge is 2.24. The zero-order chi connectivity index (χ0) is 19.9. The van der Waals surface area contributed by atoms with Crippen LogP contribution in [0.5, 0.6) is 0 Å². The molecule has 0 atom stereocenters. The summed E-state index contributed by atoms with van der Waals surface area (Å²) in [6.07, 6.45) is 1.67. The van der Waals surface area contributed by atoms with Gasteiger partial charge in [-0.15, -0.1) is 0 Å². The van der Waals surface area contributed by atoms with Gasteiger partial charge in [-0.05, 0) is 44.4 Å². The molecule has 150 valence electrons. The minimum atomic E-state index is -0.164. The van der Waals surface area contributed by atoms with Crippen LogP contribution in [0.2, 0.25) is 0 Å². The Kier molecular flexibility index (Phi) is 6.87. The zero-order valence-electron chi connectivity index (χ0n) is 16.7. The summed E-state index contributed by atoms with van der Waals surface area (Å²) in [4.78, 5) is 29.0. The second-order valence-corrected chi connectivity index (χ2v) is 7.33. The molecule has 0 radical (unpaired) electrons. The minimum Gasteiger partial charge on any atom is -0.456 e. The zero-order valence-corrected chi connectivity index (χ0v) is 16.7. The van der Waals surface area contributed by atoms with Crippen LogP contribution in [0.15, 0.2) is 46.9 Å². The van der Waals surface area contributed by atoms with Crippen molar-refractivity contribution in [3.05, 3.63) is 59.5 Å². The molecule has 0 aliphatic carbocycles. The smallest absolute Gasteiger partial charge is 0.287 e. The van der Waals surface area contributed by atoms with Crippen LogP contribution in [-0.4, -0.2) is 53.8 Å². The monoisotopic (exact) mass is 383 g/mol. The molecule has 28 heavy (non-hydrogen) atoms. The largest absolute Gasteiger partial charge is 0.456 e. The molecule has 0 unspecified atom stereocenters. The molecule has 2 amide bonds. The Morgan fingerprint density at radius 2 is 1.86 bits per heavy atom. The summed E-state index contributed by atoms with van der Waals surface area (Å²) in [6, 6.07) is 13.7. The molecule has 0 bridgehead atoms. The summed E-state index contributed by atoms with van der Waals surface area (Å²) in [6.45, 7) is 7.21. The molecule has 2 heterocycles. The molecule has 6 heteroatoms. The van der Waals surface area contributed by atoms with Gasteiger partial charge in [-0.1, -0.05) is 30.3 Å². The second-order valence-electron chi connectivity index (χ2n) is 7.33. The van der Waals surface area contributed by atoms with Crippen LogP contribution in [0.25, 0.3) is 0 Å². The standard InChI is InChI=1S/C22H29N3O3/c1-3-25(15-18-7-5-4-6-8-18)21(26)16-24-13-11-19(12-14-24)23-22(27)20-10-9-17(2)28-20/h4-10,19H,3,11-16H2,1-2H3,(H,23,27). The molecule has 0 spiro atoms. The normalized spacial score (nSPS) is 15.4. The van der Waals surface area contributed by atoms with E-state index in [1.807, 2.05) is 49.1 Å². The molecule has 1 saturated heterocycles. The molecular formula is C22H29N3O3. The Labute approximate surface area is 166 Å². The first-order valence-corrected chi connectivity index (χ1v) is 9.96. The van der Waals surface area contributed by atoms with Crippen molar-refractivity contribution in [1.29, 1.82) is 0 Å². The molecule has 1 fully saturated rings. The second kappa shape index (κ2) is 9.55. The van der Waals surface area contributed by atoms with Crippen LogP contribution in [-0.2, 0) is 11.3 Å². The number of hydrogen-bond acceptors (Lipinski definition) is 4. The van der Waals surface area contributed by atoms with Gasteiger partial charge in [0.1, 0.15) is 5.76 Å². The van der Waals surface area contributed by atoms with E-state index < -0.39 is 0 Å². The molecule has 1 aromatic carbocycles. The highest BCUT2D eigenvalue weighted by atomic mass is 16.3. The van der Waals surface area contributed by atoms with E-state index in [1.165, 1.54) is 0 Å². The highest BCUT2D eigenvalue weighted by Crippen LogP contribution is 2.13. The number of piperidine rings is 1. The van der Waals surface area contributed by atoms with Gasteiger partial charge in [0, 0.05) is 32.2 Å². The van der Waals surface area contributed by atoms with Crippen molar-refractivity contribution in [3.8, 4) is 0 Å². The molecular weight excluding hydrogens is 354 g/mol. The average Bonchev–Trinajstić information content (AvgIpc) is 3.15. The van der Waals surface area contributed by atoms with E-state index >= 15 is 0 Å². The number of amides is 2.